The van der Waals surface area contributed by atoms with E-state index in [-0.39, 0.29) is 6.61 Å². The first-order valence-electron chi connectivity index (χ1n) is 6.44. The average Bonchev–Trinajstić information content (AvgIpc) is 2.82. The third kappa shape index (κ3) is 2.97. The van der Waals surface area contributed by atoms with Crippen molar-refractivity contribution in [2.45, 2.75) is 19.4 Å². The Morgan fingerprint density at radius 2 is 2.28 bits per heavy atom. The Kier molecular flexibility index (Phi) is 4.49. The zero-order valence-electron chi connectivity index (χ0n) is 11.1. The maximum atomic E-state index is 8.99. The molecule has 1 aromatic rings. The number of hydrogen-bond donors (Lipinski definition) is 1. The second-order valence-corrected chi connectivity index (χ2v) is 5.46. The molecule has 4 heteroatoms. The van der Waals surface area contributed by atoms with Gasteiger partial charge in [0.05, 0.1) is 6.61 Å². The van der Waals surface area contributed by atoms with Crippen molar-refractivity contribution in [1.29, 1.82) is 0 Å². The zero-order chi connectivity index (χ0) is 13.1. The highest BCUT2D eigenvalue weighted by atomic mass is 35.5. The molecule has 0 spiro atoms. The van der Waals surface area contributed by atoms with Gasteiger partial charge in [-0.15, -0.1) is 0 Å². The number of likely N-dealkylation sites (N-methyl/N-ethyl adjacent to an activating group) is 1. The molecule has 2 rings (SSSR count). The second kappa shape index (κ2) is 5.91. The molecule has 0 amide bonds. The summed E-state index contributed by atoms with van der Waals surface area (Å²) in [6, 6.07) is 6.58. The highest BCUT2D eigenvalue weighted by Crippen LogP contribution is 2.28. The maximum absolute atomic E-state index is 8.99. The lowest BCUT2D eigenvalue weighted by Crippen LogP contribution is -2.36. The highest BCUT2D eigenvalue weighted by molar-refractivity contribution is 6.30. The van der Waals surface area contributed by atoms with Gasteiger partial charge in [-0.05, 0) is 38.1 Å². The van der Waals surface area contributed by atoms with E-state index in [0.29, 0.717) is 6.04 Å². The molecule has 0 aromatic heterocycles. The molecule has 1 heterocycles. The largest absolute Gasteiger partial charge is 0.395 e. The van der Waals surface area contributed by atoms with E-state index >= 15 is 0 Å². The molecule has 1 unspecified atom stereocenters. The van der Waals surface area contributed by atoms with E-state index in [2.05, 4.69) is 29.8 Å². The van der Waals surface area contributed by atoms with Gasteiger partial charge in [-0.1, -0.05) is 17.7 Å². The van der Waals surface area contributed by atoms with Crippen LogP contribution in [0.15, 0.2) is 18.2 Å². The molecule has 3 nitrogen and oxygen atoms in total. The molecule has 0 saturated carbocycles. The highest BCUT2D eigenvalue weighted by Gasteiger charge is 2.26. The van der Waals surface area contributed by atoms with Gasteiger partial charge in [0.15, 0.2) is 0 Å². The molecule has 1 aromatic carbocycles. The van der Waals surface area contributed by atoms with Crippen molar-refractivity contribution in [1.82, 2.24) is 4.90 Å². The summed E-state index contributed by atoms with van der Waals surface area (Å²) in [6.07, 6.45) is 1.14. The van der Waals surface area contributed by atoms with Crippen LogP contribution in [-0.2, 0) is 0 Å². The third-order valence-electron chi connectivity index (χ3n) is 3.75. The molecule has 0 bridgehead atoms. The minimum absolute atomic E-state index is 0.225. The lowest BCUT2D eigenvalue weighted by atomic mass is 10.2. The predicted octanol–water partition coefficient (Wildman–Crippen LogP) is 2.15. The lowest BCUT2D eigenvalue weighted by Gasteiger charge is -2.25. The first-order valence-corrected chi connectivity index (χ1v) is 6.82. The summed E-state index contributed by atoms with van der Waals surface area (Å²) in [5.41, 5.74) is 2.51. The van der Waals surface area contributed by atoms with Gasteiger partial charge in [0.1, 0.15) is 0 Å². The van der Waals surface area contributed by atoms with Gasteiger partial charge >= 0.3 is 0 Å². The quantitative estimate of drug-likeness (QED) is 0.907. The van der Waals surface area contributed by atoms with Crippen LogP contribution in [0.25, 0.3) is 0 Å². The fraction of sp³-hybridized carbons (Fsp3) is 0.571. The number of aliphatic hydroxyl groups is 1. The van der Waals surface area contributed by atoms with Gasteiger partial charge in [0.2, 0.25) is 0 Å². The molecule has 0 radical (unpaired) electrons. The third-order valence-corrected chi connectivity index (χ3v) is 3.99. The smallest absolute Gasteiger partial charge is 0.0558 e. The lowest BCUT2D eigenvalue weighted by molar-refractivity contribution is 0.188. The molecule has 1 saturated heterocycles. The predicted molar refractivity (Wildman–Crippen MR) is 76.5 cm³/mol. The van der Waals surface area contributed by atoms with Crippen molar-refractivity contribution in [2.75, 3.05) is 38.2 Å². The van der Waals surface area contributed by atoms with Gasteiger partial charge in [-0.2, -0.15) is 0 Å². The molecule has 1 aliphatic rings. The molecule has 1 aliphatic heterocycles. The first kappa shape index (κ1) is 13.7. The van der Waals surface area contributed by atoms with Gasteiger partial charge < -0.3 is 10.0 Å². The average molecular weight is 269 g/mol. The topological polar surface area (TPSA) is 26.7 Å². The molecule has 1 atom stereocenters. The second-order valence-electron chi connectivity index (χ2n) is 5.02. The summed E-state index contributed by atoms with van der Waals surface area (Å²) in [5.74, 6) is 0. The van der Waals surface area contributed by atoms with Gasteiger partial charge in [0.25, 0.3) is 0 Å². The number of nitrogens with zero attached hydrogens (tertiary/aromatic N) is 2. The molecule has 100 valence electrons. The number of aryl methyl sites for hydroxylation is 1. The Balaban J connectivity index is 2.06. The van der Waals surface area contributed by atoms with Crippen LogP contribution in [0.5, 0.6) is 0 Å². The number of anilines is 1. The zero-order valence-corrected chi connectivity index (χ0v) is 11.8. The Labute approximate surface area is 114 Å². The van der Waals surface area contributed by atoms with E-state index in [0.717, 1.165) is 31.1 Å². The van der Waals surface area contributed by atoms with E-state index in [9.17, 15) is 0 Å². The molecule has 1 fully saturated rings. The molecule has 18 heavy (non-hydrogen) atoms. The molecular formula is C14H21ClN2O. The van der Waals surface area contributed by atoms with E-state index in [4.69, 9.17) is 16.7 Å². The molecular weight excluding hydrogens is 248 g/mol. The van der Waals surface area contributed by atoms with Gasteiger partial charge in [-0.25, -0.2) is 0 Å². The molecule has 1 N–H and O–H groups in total. The number of benzene rings is 1. The van der Waals surface area contributed by atoms with Crippen LogP contribution in [0.3, 0.4) is 0 Å². The number of halogens is 1. The summed E-state index contributed by atoms with van der Waals surface area (Å²) in [6.45, 7) is 5.16. The fourth-order valence-corrected chi connectivity index (χ4v) is 2.75. The van der Waals surface area contributed by atoms with Crippen LogP contribution < -0.4 is 4.90 Å². The fourth-order valence-electron chi connectivity index (χ4n) is 2.58. The van der Waals surface area contributed by atoms with Crippen molar-refractivity contribution < 1.29 is 5.11 Å². The summed E-state index contributed by atoms with van der Waals surface area (Å²) < 4.78 is 0. The summed E-state index contributed by atoms with van der Waals surface area (Å²) in [4.78, 5) is 4.62. The normalized spacial score (nSPS) is 19.8. The van der Waals surface area contributed by atoms with Crippen molar-refractivity contribution in [2.24, 2.45) is 0 Å². The van der Waals surface area contributed by atoms with Crippen molar-refractivity contribution >= 4 is 17.3 Å². The van der Waals surface area contributed by atoms with E-state index in [1.807, 2.05) is 12.1 Å². The first-order chi connectivity index (χ1) is 8.61. The van der Waals surface area contributed by atoms with Crippen LogP contribution in [0.1, 0.15) is 12.0 Å². The maximum Gasteiger partial charge on any atom is 0.0558 e. The Morgan fingerprint density at radius 3 is 3.00 bits per heavy atom. The Bertz CT molecular complexity index is 411. The minimum Gasteiger partial charge on any atom is -0.395 e. The SMILES string of the molecule is Cc1ccc(Cl)cc1N1CCC(N(C)CCO)C1. The van der Waals surface area contributed by atoms with Crippen LogP contribution >= 0.6 is 11.6 Å². The monoisotopic (exact) mass is 268 g/mol. The number of aliphatic hydroxyl groups excluding tert-OH is 1. The van der Waals surface area contributed by atoms with Crippen molar-refractivity contribution in [3.63, 3.8) is 0 Å². The van der Waals surface area contributed by atoms with Crippen molar-refractivity contribution in [3.8, 4) is 0 Å². The van der Waals surface area contributed by atoms with Crippen LogP contribution in [0, 0.1) is 6.92 Å². The standard InChI is InChI=1S/C14H21ClN2O/c1-11-3-4-12(15)9-14(11)17-6-5-13(10-17)16(2)7-8-18/h3-4,9,13,18H,5-8,10H2,1-2H3. The van der Waals surface area contributed by atoms with Crippen LogP contribution in [0.2, 0.25) is 5.02 Å². The van der Waals surface area contributed by atoms with Crippen LogP contribution in [-0.4, -0.2) is 49.3 Å². The molecule has 0 aliphatic carbocycles. The summed E-state index contributed by atoms with van der Waals surface area (Å²) in [7, 11) is 2.08. The summed E-state index contributed by atoms with van der Waals surface area (Å²) >= 11 is 6.07. The summed E-state index contributed by atoms with van der Waals surface area (Å²) in [5, 5.41) is 9.78. The van der Waals surface area contributed by atoms with E-state index in [1.54, 1.807) is 0 Å². The van der Waals surface area contributed by atoms with Crippen LogP contribution in [0.4, 0.5) is 5.69 Å². The number of hydrogen-bond acceptors (Lipinski definition) is 3. The van der Waals surface area contributed by atoms with Gasteiger partial charge in [0, 0.05) is 36.4 Å². The van der Waals surface area contributed by atoms with Gasteiger partial charge in [-0.3, -0.25) is 4.90 Å². The Hall–Kier alpha value is -0.770. The van der Waals surface area contributed by atoms with Crippen molar-refractivity contribution in [3.05, 3.63) is 28.8 Å². The number of rotatable bonds is 4. The minimum atomic E-state index is 0.225. The van der Waals surface area contributed by atoms with E-state index < -0.39 is 0 Å². The van der Waals surface area contributed by atoms with E-state index in [1.165, 1.54) is 11.3 Å². The Morgan fingerprint density at radius 1 is 1.50 bits per heavy atom.